The molecule has 0 aliphatic heterocycles. The van der Waals surface area contributed by atoms with E-state index in [1.807, 2.05) is 19.1 Å². The average molecular weight is 311 g/mol. The maximum absolute atomic E-state index is 12.2. The van der Waals surface area contributed by atoms with E-state index in [2.05, 4.69) is 20.4 Å². The van der Waals surface area contributed by atoms with Crippen LogP contribution in [0.1, 0.15) is 26.7 Å². The molecule has 2 aromatic heterocycles. The number of aromatic nitrogens is 3. The third-order valence-corrected chi connectivity index (χ3v) is 3.12. The monoisotopic (exact) mass is 311 g/mol. The van der Waals surface area contributed by atoms with Crippen LogP contribution < -0.4 is 11.1 Å². The quantitative estimate of drug-likeness (QED) is 0.676. The first kappa shape index (κ1) is 14.5. The van der Waals surface area contributed by atoms with Crippen LogP contribution in [0.25, 0.3) is 11.4 Å². The fourth-order valence-corrected chi connectivity index (χ4v) is 2.03. The van der Waals surface area contributed by atoms with Crippen LogP contribution in [-0.2, 0) is 0 Å². The second-order valence-electron chi connectivity index (χ2n) is 4.86. The van der Waals surface area contributed by atoms with Crippen molar-refractivity contribution in [3.05, 3.63) is 53.7 Å². The van der Waals surface area contributed by atoms with Gasteiger partial charge in [0.25, 0.3) is 11.8 Å². The molecule has 0 unspecified atom stereocenters. The average Bonchev–Trinajstić information content (AvgIpc) is 3.17. The van der Waals surface area contributed by atoms with Crippen LogP contribution >= 0.6 is 0 Å². The molecule has 0 fully saturated rings. The molecule has 116 valence electrons. The third kappa shape index (κ3) is 2.95. The lowest BCUT2D eigenvalue weighted by Crippen LogP contribution is -2.13. The molecule has 0 aliphatic carbocycles. The van der Waals surface area contributed by atoms with Crippen molar-refractivity contribution in [1.82, 2.24) is 15.1 Å². The highest BCUT2D eigenvalue weighted by molar-refractivity contribution is 6.05. The number of rotatable bonds is 4. The van der Waals surface area contributed by atoms with E-state index < -0.39 is 11.8 Å². The number of nitrogens with one attached hydrogen (secondary N) is 2. The Morgan fingerprint density at radius 1 is 1.30 bits per heavy atom. The van der Waals surface area contributed by atoms with Crippen LogP contribution in [0.3, 0.4) is 0 Å². The van der Waals surface area contributed by atoms with Crippen LogP contribution in [0.5, 0.6) is 0 Å². The highest BCUT2D eigenvalue weighted by Crippen LogP contribution is 2.25. The lowest BCUT2D eigenvalue weighted by Gasteiger charge is -2.07. The summed E-state index contributed by atoms with van der Waals surface area (Å²) < 4.78 is 4.82. The summed E-state index contributed by atoms with van der Waals surface area (Å²) in [5, 5.41) is 6.14. The topological polar surface area (TPSA) is 127 Å². The number of carbonyl (C=O) groups is 2. The number of anilines is 1. The van der Waals surface area contributed by atoms with E-state index in [4.69, 9.17) is 10.3 Å². The van der Waals surface area contributed by atoms with E-state index >= 15 is 0 Å². The highest BCUT2D eigenvalue weighted by atomic mass is 16.5. The minimum Gasteiger partial charge on any atom is -0.364 e. The molecule has 2 heterocycles. The highest BCUT2D eigenvalue weighted by Gasteiger charge is 2.17. The van der Waals surface area contributed by atoms with Gasteiger partial charge in [0.05, 0.1) is 5.69 Å². The Morgan fingerprint density at radius 2 is 2.09 bits per heavy atom. The number of imidazole rings is 1. The molecule has 0 spiro atoms. The summed E-state index contributed by atoms with van der Waals surface area (Å²) in [6.07, 6.45) is 1.70. The molecule has 0 radical (unpaired) electrons. The standard InChI is InChI=1S/C15H13N5O3/c1-8-7-17-14(18-8)9-4-2-3-5-10(9)19-15(22)12-6-11(13(16)21)20-23-12/h2-7H,1H3,(H2,16,21)(H,17,18)(H,19,22). The Morgan fingerprint density at radius 3 is 2.74 bits per heavy atom. The number of carbonyl (C=O) groups excluding carboxylic acids is 2. The Bertz CT molecular complexity index is 881. The molecule has 3 rings (SSSR count). The zero-order valence-electron chi connectivity index (χ0n) is 12.2. The number of nitrogens with zero attached hydrogens (tertiary/aromatic N) is 2. The molecule has 0 atom stereocenters. The number of nitrogens with two attached hydrogens (primary N) is 1. The van der Waals surface area contributed by atoms with Gasteiger partial charge < -0.3 is 20.6 Å². The summed E-state index contributed by atoms with van der Waals surface area (Å²) in [5.74, 6) is -0.780. The van der Waals surface area contributed by atoms with Crippen molar-refractivity contribution in [2.75, 3.05) is 5.32 Å². The molecule has 0 saturated carbocycles. The van der Waals surface area contributed by atoms with Crippen molar-refractivity contribution in [2.24, 2.45) is 5.73 Å². The largest absolute Gasteiger partial charge is 0.364 e. The Labute approximate surface area is 130 Å². The van der Waals surface area contributed by atoms with Crippen LogP contribution in [-0.4, -0.2) is 26.9 Å². The lowest BCUT2D eigenvalue weighted by molar-refractivity contribution is 0.0973. The lowest BCUT2D eigenvalue weighted by atomic mass is 10.1. The summed E-state index contributed by atoms with van der Waals surface area (Å²) in [4.78, 5) is 30.6. The first-order valence-electron chi connectivity index (χ1n) is 6.73. The molecule has 4 N–H and O–H groups in total. The van der Waals surface area contributed by atoms with Crippen LogP contribution in [0.2, 0.25) is 0 Å². The minimum atomic E-state index is -0.765. The molecule has 3 aromatic rings. The number of para-hydroxylation sites is 1. The Kier molecular flexibility index (Phi) is 3.63. The number of amides is 2. The Hall–Kier alpha value is -3.42. The molecular formula is C15H13N5O3. The fraction of sp³-hybridized carbons (Fsp3) is 0.0667. The van der Waals surface area contributed by atoms with E-state index in [0.29, 0.717) is 11.5 Å². The van der Waals surface area contributed by atoms with Gasteiger partial charge >= 0.3 is 0 Å². The maximum atomic E-state index is 12.2. The number of benzene rings is 1. The maximum Gasteiger partial charge on any atom is 0.294 e. The first-order chi connectivity index (χ1) is 11.0. The van der Waals surface area contributed by atoms with Crippen LogP contribution in [0.4, 0.5) is 5.69 Å². The van der Waals surface area contributed by atoms with E-state index in [1.165, 1.54) is 6.07 Å². The first-order valence-corrected chi connectivity index (χ1v) is 6.73. The van der Waals surface area contributed by atoms with Gasteiger partial charge in [0.15, 0.2) is 5.69 Å². The number of H-pyrrole nitrogens is 1. The second kappa shape index (κ2) is 5.76. The number of hydrogen-bond acceptors (Lipinski definition) is 5. The zero-order chi connectivity index (χ0) is 16.4. The summed E-state index contributed by atoms with van der Waals surface area (Å²) in [5.41, 5.74) is 7.15. The van der Waals surface area contributed by atoms with Crippen molar-refractivity contribution in [1.29, 1.82) is 0 Å². The van der Waals surface area contributed by atoms with E-state index in [-0.39, 0.29) is 11.5 Å². The molecule has 0 aliphatic rings. The van der Waals surface area contributed by atoms with Gasteiger partial charge in [-0.25, -0.2) is 4.98 Å². The van der Waals surface area contributed by atoms with Gasteiger partial charge in [-0.3, -0.25) is 9.59 Å². The smallest absolute Gasteiger partial charge is 0.294 e. The Balaban J connectivity index is 1.88. The van der Waals surface area contributed by atoms with Gasteiger partial charge in [-0.2, -0.15) is 0 Å². The van der Waals surface area contributed by atoms with Gasteiger partial charge in [0, 0.05) is 23.5 Å². The molecule has 23 heavy (non-hydrogen) atoms. The summed E-state index contributed by atoms with van der Waals surface area (Å²) in [6.45, 7) is 1.89. The molecule has 2 amide bonds. The molecule has 0 bridgehead atoms. The SMILES string of the molecule is Cc1cnc(-c2ccccc2NC(=O)c2cc(C(N)=O)no2)[nH]1. The summed E-state index contributed by atoms with van der Waals surface area (Å²) in [7, 11) is 0. The van der Waals surface area contributed by atoms with E-state index in [9.17, 15) is 9.59 Å². The number of primary amides is 1. The van der Waals surface area contributed by atoms with Crippen molar-refractivity contribution >= 4 is 17.5 Å². The van der Waals surface area contributed by atoms with Gasteiger partial charge in [0.1, 0.15) is 5.82 Å². The zero-order valence-corrected chi connectivity index (χ0v) is 12.2. The van der Waals surface area contributed by atoms with Crippen LogP contribution in [0.15, 0.2) is 41.1 Å². The number of aryl methyl sites for hydroxylation is 1. The van der Waals surface area contributed by atoms with Gasteiger partial charge in [0.2, 0.25) is 5.76 Å². The predicted molar refractivity (Wildman–Crippen MR) is 81.7 cm³/mol. The molecule has 1 aromatic carbocycles. The third-order valence-electron chi connectivity index (χ3n) is 3.12. The predicted octanol–water partition coefficient (Wildman–Crippen LogP) is 1.72. The number of hydrogen-bond donors (Lipinski definition) is 3. The minimum absolute atomic E-state index is 0.106. The van der Waals surface area contributed by atoms with Crippen molar-refractivity contribution in [3.63, 3.8) is 0 Å². The van der Waals surface area contributed by atoms with Crippen molar-refractivity contribution in [3.8, 4) is 11.4 Å². The number of aromatic amines is 1. The molecule has 8 nitrogen and oxygen atoms in total. The van der Waals surface area contributed by atoms with Gasteiger partial charge in [-0.15, -0.1) is 0 Å². The van der Waals surface area contributed by atoms with Crippen molar-refractivity contribution < 1.29 is 14.1 Å². The molecule has 8 heteroatoms. The fourth-order valence-electron chi connectivity index (χ4n) is 2.03. The van der Waals surface area contributed by atoms with Gasteiger partial charge in [-0.05, 0) is 19.1 Å². The van der Waals surface area contributed by atoms with E-state index in [0.717, 1.165) is 11.3 Å². The van der Waals surface area contributed by atoms with Crippen LogP contribution in [0, 0.1) is 6.92 Å². The van der Waals surface area contributed by atoms with Gasteiger partial charge in [-0.1, -0.05) is 17.3 Å². The summed E-state index contributed by atoms with van der Waals surface area (Å²) in [6, 6.07) is 8.36. The summed E-state index contributed by atoms with van der Waals surface area (Å²) >= 11 is 0. The normalized spacial score (nSPS) is 10.5. The van der Waals surface area contributed by atoms with E-state index in [1.54, 1.807) is 18.3 Å². The molecule has 0 saturated heterocycles. The van der Waals surface area contributed by atoms with Crippen molar-refractivity contribution in [2.45, 2.75) is 6.92 Å². The molecular weight excluding hydrogens is 298 g/mol. The second-order valence-corrected chi connectivity index (χ2v) is 4.86.